The summed E-state index contributed by atoms with van der Waals surface area (Å²) >= 11 is 1.76. The van der Waals surface area contributed by atoms with Crippen LogP contribution in [0, 0.1) is 10.1 Å². The van der Waals surface area contributed by atoms with Gasteiger partial charge in [-0.2, -0.15) is 0 Å². The number of nitro groups is 1. The molecule has 1 aliphatic rings. The van der Waals surface area contributed by atoms with Gasteiger partial charge in [-0.1, -0.05) is 12.1 Å². The highest BCUT2D eigenvalue weighted by molar-refractivity contribution is 7.10. The van der Waals surface area contributed by atoms with Crippen LogP contribution < -0.4 is 0 Å². The van der Waals surface area contributed by atoms with E-state index < -0.39 is 4.92 Å². The molecule has 0 fully saturated rings. The molecule has 0 amide bonds. The Balaban J connectivity index is 1.70. The summed E-state index contributed by atoms with van der Waals surface area (Å²) in [5, 5.41) is 12.8. The quantitative estimate of drug-likeness (QED) is 0.495. The number of benzene rings is 1. The topological polar surface area (TPSA) is 63.5 Å². The molecule has 1 aliphatic heterocycles. The molecule has 2 heterocycles. The van der Waals surface area contributed by atoms with Gasteiger partial charge in [-0.05, 0) is 23.4 Å². The van der Waals surface area contributed by atoms with Crippen LogP contribution in [0.5, 0.6) is 0 Å². The third kappa shape index (κ3) is 3.01. The Hall–Kier alpha value is -2.05. The van der Waals surface area contributed by atoms with Crippen LogP contribution in [0.4, 0.5) is 5.69 Å². The Morgan fingerprint density at radius 1 is 1.38 bits per heavy atom. The molecule has 2 aromatic rings. The third-order valence-electron chi connectivity index (χ3n) is 3.63. The number of carbonyl (C=O) groups excluding carboxylic acids is 1. The Morgan fingerprint density at radius 2 is 2.24 bits per heavy atom. The number of rotatable bonds is 4. The van der Waals surface area contributed by atoms with Crippen molar-refractivity contribution in [2.75, 3.05) is 13.1 Å². The number of fused-ring (bicyclic) bond motifs is 1. The minimum atomic E-state index is -0.477. The molecule has 0 atom stereocenters. The highest BCUT2D eigenvalue weighted by Gasteiger charge is 2.20. The van der Waals surface area contributed by atoms with Crippen molar-refractivity contribution in [3.05, 3.63) is 61.8 Å². The molecule has 1 aromatic carbocycles. The standard InChI is InChI=1S/C15H14N2O3S/c18-14(11-2-1-3-13(8-11)17(19)20)10-16-6-4-15-12(9-16)5-7-21-15/h1-3,5,7-8H,4,6,9-10H2. The van der Waals surface area contributed by atoms with Crippen molar-refractivity contribution in [1.82, 2.24) is 4.90 Å². The van der Waals surface area contributed by atoms with Gasteiger partial charge in [-0.25, -0.2) is 0 Å². The predicted octanol–water partition coefficient (Wildman–Crippen LogP) is 2.90. The largest absolute Gasteiger partial charge is 0.293 e. The van der Waals surface area contributed by atoms with E-state index >= 15 is 0 Å². The minimum absolute atomic E-state index is 0.0420. The number of thiophene rings is 1. The van der Waals surface area contributed by atoms with Crippen molar-refractivity contribution in [1.29, 1.82) is 0 Å². The lowest BCUT2D eigenvalue weighted by molar-refractivity contribution is -0.384. The molecule has 108 valence electrons. The molecule has 0 saturated heterocycles. The van der Waals surface area contributed by atoms with Gasteiger partial charge >= 0.3 is 0 Å². The highest BCUT2D eigenvalue weighted by Crippen LogP contribution is 2.24. The van der Waals surface area contributed by atoms with Gasteiger partial charge < -0.3 is 0 Å². The van der Waals surface area contributed by atoms with Crippen LogP contribution in [-0.2, 0) is 13.0 Å². The number of Topliss-reactive ketones (excluding diaryl/α,β-unsaturated/α-hetero) is 1. The van der Waals surface area contributed by atoms with Crippen molar-refractivity contribution in [3.63, 3.8) is 0 Å². The maximum atomic E-state index is 12.3. The fourth-order valence-electron chi connectivity index (χ4n) is 2.53. The van der Waals surface area contributed by atoms with Gasteiger partial charge in [0.15, 0.2) is 5.78 Å². The van der Waals surface area contributed by atoms with Crippen molar-refractivity contribution in [3.8, 4) is 0 Å². The first-order valence-electron chi connectivity index (χ1n) is 6.69. The summed E-state index contributed by atoms with van der Waals surface area (Å²) in [6, 6.07) is 8.04. The zero-order valence-electron chi connectivity index (χ0n) is 11.3. The maximum Gasteiger partial charge on any atom is 0.270 e. The highest BCUT2D eigenvalue weighted by atomic mass is 32.1. The molecule has 0 bridgehead atoms. The number of carbonyl (C=O) groups is 1. The lowest BCUT2D eigenvalue weighted by Crippen LogP contribution is -2.34. The van der Waals surface area contributed by atoms with Gasteiger partial charge in [0.05, 0.1) is 11.5 Å². The Bertz CT molecular complexity index is 696. The fourth-order valence-corrected chi connectivity index (χ4v) is 3.42. The summed E-state index contributed by atoms with van der Waals surface area (Å²) in [6.45, 7) is 1.93. The van der Waals surface area contributed by atoms with Crippen molar-refractivity contribution in [2.24, 2.45) is 0 Å². The van der Waals surface area contributed by atoms with E-state index in [2.05, 4.69) is 16.3 Å². The SMILES string of the molecule is O=C(CN1CCc2sccc2C1)c1cccc([N+](=O)[O-])c1. The van der Waals surface area contributed by atoms with Crippen LogP contribution in [0.15, 0.2) is 35.7 Å². The zero-order valence-corrected chi connectivity index (χ0v) is 12.1. The molecule has 0 spiro atoms. The monoisotopic (exact) mass is 302 g/mol. The Kier molecular flexibility index (Phi) is 3.81. The van der Waals surface area contributed by atoms with E-state index in [1.165, 1.54) is 22.6 Å². The number of nitro benzene ring substituents is 1. The first kappa shape index (κ1) is 13.9. The Labute approximate surface area is 126 Å². The molecule has 21 heavy (non-hydrogen) atoms. The van der Waals surface area contributed by atoms with Gasteiger partial charge in [0.25, 0.3) is 5.69 Å². The van der Waals surface area contributed by atoms with E-state index in [-0.39, 0.29) is 11.5 Å². The smallest absolute Gasteiger partial charge is 0.270 e. The number of hydrogen-bond acceptors (Lipinski definition) is 5. The van der Waals surface area contributed by atoms with Gasteiger partial charge in [-0.15, -0.1) is 11.3 Å². The van der Waals surface area contributed by atoms with E-state index in [1.807, 2.05) is 0 Å². The first-order chi connectivity index (χ1) is 10.1. The second-order valence-corrected chi connectivity index (χ2v) is 6.06. The average molecular weight is 302 g/mol. The van der Waals surface area contributed by atoms with Gasteiger partial charge in [-0.3, -0.25) is 19.8 Å². The molecule has 0 saturated carbocycles. The molecule has 1 aromatic heterocycles. The lowest BCUT2D eigenvalue weighted by Gasteiger charge is -2.25. The average Bonchev–Trinajstić information content (AvgIpc) is 2.95. The van der Waals surface area contributed by atoms with Crippen LogP contribution in [0.2, 0.25) is 0 Å². The summed E-state index contributed by atoms with van der Waals surface area (Å²) in [4.78, 5) is 26.0. The van der Waals surface area contributed by atoms with E-state index in [9.17, 15) is 14.9 Å². The number of nitrogens with zero attached hydrogens (tertiary/aromatic N) is 2. The summed E-state index contributed by atoms with van der Waals surface area (Å²) in [5.74, 6) is -0.0719. The second kappa shape index (κ2) is 5.75. The van der Waals surface area contributed by atoms with Crippen LogP contribution >= 0.6 is 11.3 Å². The number of ketones is 1. The Morgan fingerprint density at radius 3 is 3.05 bits per heavy atom. The lowest BCUT2D eigenvalue weighted by atomic mass is 10.1. The molecule has 3 rings (SSSR count). The summed E-state index contributed by atoms with van der Waals surface area (Å²) < 4.78 is 0. The predicted molar refractivity (Wildman–Crippen MR) is 80.7 cm³/mol. The van der Waals surface area contributed by atoms with E-state index in [1.54, 1.807) is 23.5 Å². The van der Waals surface area contributed by atoms with Crippen LogP contribution in [0.1, 0.15) is 20.8 Å². The summed E-state index contributed by atoms with van der Waals surface area (Å²) in [6.07, 6.45) is 0.967. The molecular weight excluding hydrogens is 288 g/mol. The van der Waals surface area contributed by atoms with Gasteiger partial charge in [0, 0.05) is 35.7 Å². The fraction of sp³-hybridized carbons (Fsp3) is 0.267. The molecule has 0 aliphatic carbocycles. The molecular formula is C15H14N2O3S. The van der Waals surface area contributed by atoms with Gasteiger partial charge in [0.1, 0.15) is 0 Å². The van der Waals surface area contributed by atoms with E-state index in [0.29, 0.717) is 12.1 Å². The first-order valence-corrected chi connectivity index (χ1v) is 7.57. The third-order valence-corrected chi connectivity index (χ3v) is 4.66. The molecule has 5 nitrogen and oxygen atoms in total. The normalized spacial score (nSPS) is 14.7. The van der Waals surface area contributed by atoms with Gasteiger partial charge in [0.2, 0.25) is 0 Å². The molecule has 0 unspecified atom stereocenters. The summed E-state index contributed by atoms with van der Waals surface area (Å²) in [7, 11) is 0. The molecule has 6 heteroatoms. The number of non-ortho nitro benzene ring substituents is 1. The summed E-state index contributed by atoms with van der Waals surface area (Å²) in [5.41, 5.74) is 1.65. The molecule has 0 N–H and O–H groups in total. The van der Waals surface area contributed by atoms with Crippen molar-refractivity contribution >= 4 is 22.8 Å². The van der Waals surface area contributed by atoms with Crippen LogP contribution in [0.3, 0.4) is 0 Å². The van der Waals surface area contributed by atoms with Crippen molar-refractivity contribution < 1.29 is 9.72 Å². The van der Waals surface area contributed by atoms with Crippen LogP contribution in [-0.4, -0.2) is 28.7 Å². The van der Waals surface area contributed by atoms with Crippen molar-refractivity contribution in [2.45, 2.75) is 13.0 Å². The second-order valence-electron chi connectivity index (χ2n) is 5.06. The maximum absolute atomic E-state index is 12.3. The van der Waals surface area contributed by atoms with E-state index in [0.717, 1.165) is 19.5 Å². The van der Waals surface area contributed by atoms with Crippen LogP contribution in [0.25, 0.3) is 0 Å². The van der Waals surface area contributed by atoms with E-state index in [4.69, 9.17) is 0 Å². The molecule has 0 radical (unpaired) electrons. The zero-order chi connectivity index (χ0) is 14.8. The minimum Gasteiger partial charge on any atom is -0.293 e. The number of hydrogen-bond donors (Lipinski definition) is 0.